The summed E-state index contributed by atoms with van der Waals surface area (Å²) in [6.07, 6.45) is 4.30. The van der Waals surface area contributed by atoms with Crippen LogP contribution < -0.4 is 10.2 Å². The number of aryl methyl sites for hydroxylation is 2. The Morgan fingerprint density at radius 3 is 2.62 bits per heavy atom. The van der Waals surface area contributed by atoms with Crippen molar-refractivity contribution in [2.75, 3.05) is 18.3 Å². The Balaban J connectivity index is 1.66. The molecule has 0 spiro atoms. The predicted octanol–water partition coefficient (Wildman–Crippen LogP) is 3.56. The van der Waals surface area contributed by atoms with Crippen molar-refractivity contribution < 1.29 is 9.47 Å². The summed E-state index contributed by atoms with van der Waals surface area (Å²) < 4.78 is 13.2. The molecule has 1 saturated heterocycles. The first-order valence-electron chi connectivity index (χ1n) is 7.92. The zero-order chi connectivity index (χ0) is 16.9. The van der Waals surface area contributed by atoms with Crippen LogP contribution in [0.3, 0.4) is 0 Å². The van der Waals surface area contributed by atoms with Crippen molar-refractivity contribution in [3.8, 4) is 5.75 Å². The van der Waals surface area contributed by atoms with E-state index < -0.39 is 0 Å². The van der Waals surface area contributed by atoms with Crippen LogP contribution in [0.2, 0.25) is 0 Å². The summed E-state index contributed by atoms with van der Waals surface area (Å²) in [6, 6.07) is 11.1. The SMILES string of the molecule is Cc1cc(=O)cc(C)n1/C=C/c1cccc(OCOC2CSC2)c1. The second kappa shape index (κ2) is 7.73. The van der Waals surface area contributed by atoms with E-state index in [1.165, 1.54) is 0 Å². The molecule has 0 N–H and O–H groups in total. The van der Waals surface area contributed by atoms with Crippen molar-refractivity contribution in [1.29, 1.82) is 0 Å². The maximum Gasteiger partial charge on any atom is 0.189 e. The predicted molar refractivity (Wildman–Crippen MR) is 99.5 cm³/mol. The second-order valence-corrected chi connectivity index (χ2v) is 6.90. The highest BCUT2D eigenvalue weighted by Crippen LogP contribution is 2.21. The van der Waals surface area contributed by atoms with E-state index in [9.17, 15) is 4.79 Å². The standard InChI is InChI=1S/C19H21NO3S/c1-14-8-17(21)9-15(2)20(14)7-6-16-4-3-5-18(10-16)22-13-23-19-11-24-12-19/h3-10,19H,11-13H2,1-2H3/b7-6+. The molecule has 0 atom stereocenters. The lowest BCUT2D eigenvalue weighted by atomic mass is 10.2. The molecule has 0 unspecified atom stereocenters. The highest BCUT2D eigenvalue weighted by Gasteiger charge is 2.18. The Kier molecular flexibility index (Phi) is 5.43. The fourth-order valence-corrected chi connectivity index (χ4v) is 3.10. The van der Waals surface area contributed by atoms with E-state index in [0.29, 0.717) is 6.10 Å². The van der Waals surface area contributed by atoms with E-state index in [0.717, 1.165) is 34.2 Å². The minimum Gasteiger partial charge on any atom is -0.468 e. The van der Waals surface area contributed by atoms with Gasteiger partial charge in [-0.3, -0.25) is 4.79 Å². The molecular formula is C19H21NO3S. The number of benzene rings is 1. The molecule has 5 heteroatoms. The molecule has 3 rings (SSSR count). The van der Waals surface area contributed by atoms with Crippen LogP contribution in [-0.2, 0) is 4.74 Å². The van der Waals surface area contributed by atoms with Crippen LogP contribution in [0.5, 0.6) is 5.75 Å². The molecule has 0 saturated carbocycles. The minimum absolute atomic E-state index is 0.0370. The van der Waals surface area contributed by atoms with Crippen LogP contribution in [0.25, 0.3) is 12.3 Å². The Morgan fingerprint density at radius 1 is 1.21 bits per heavy atom. The van der Waals surface area contributed by atoms with Gasteiger partial charge in [0, 0.05) is 41.2 Å². The largest absolute Gasteiger partial charge is 0.468 e. The van der Waals surface area contributed by atoms with Crippen molar-refractivity contribution in [3.05, 3.63) is 63.6 Å². The number of pyridine rings is 1. The van der Waals surface area contributed by atoms with Gasteiger partial charge in [0.05, 0.1) is 6.10 Å². The molecule has 0 bridgehead atoms. The summed E-state index contributed by atoms with van der Waals surface area (Å²) in [5.41, 5.74) is 2.89. The van der Waals surface area contributed by atoms with E-state index in [1.807, 2.05) is 66.7 Å². The van der Waals surface area contributed by atoms with Gasteiger partial charge in [0.15, 0.2) is 12.2 Å². The van der Waals surface area contributed by atoms with Gasteiger partial charge in [0.25, 0.3) is 0 Å². The van der Waals surface area contributed by atoms with Gasteiger partial charge in [0.1, 0.15) is 5.75 Å². The van der Waals surface area contributed by atoms with E-state index >= 15 is 0 Å². The number of hydrogen-bond acceptors (Lipinski definition) is 4. The molecule has 24 heavy (non-hydrogen) atoms. The first-order chi connectivity index (χ1) is 11.6. The topological polar surface area (TPSA) is 40.5 Å². The van der Waals surface area contributed by atoms with E-state index in [4.69, 9.17) is 9.47 Å². The summed E-state index contributed by atoms with van der Waals surface area (Å²) in [7, 11) is 0. The molecule has 126 valence electrons. The fraction of sp³-hybridized carbons (Fsp3) is 0.316. The van der Waals surface area contributed by atoms with Gasteiger partial charge in [0.2, 0.25) is 0 Å². The molecule has 1 aliphatic rings. The lowest BCUT2D eigenvalue weighted by Gasteiger charge is -2.24. The first kappa shape index (κ1) is 16.9. The van der Waals surface area contributed by atoms with Crippen LogP contribution in [-0.4, -0.2) is 29.0 Å². The van der Waals surface area contributed by atoms with E-state index in [-0.39, 0.29) is 12.2 Å². The smallest absolute Gasteiger partial charge is 0.189 e. The Morgan fingerprint density at radius 2 is 1.96 bits per heavy atom. The van der Waals surface area contributed by atoms with Gasteiger partial charge in [-0.25, -0.2) is 0 Å². The molecule has 1 fully saturated rings. The maximum absolute atomic E-state index is 11.5. The molecule has 0 amide bonds. The summed E-state index contributed by atoms with van der Waals surface area (Å²) in [5.74, 6) is 2.91. The van der Waals surface area contributed by atoms with Crippen molar-refractivity contribution in [2.45, 2.75) is 20.0 Å². The average Bonchev–Trinajstić information content (AvgIpc) is 2.49. The summed E-state index contributed by atoms with van der Waals surface area (Å²) in [5, 5.41) is 0. The normalized spacial score (nSPS) is 14.8. The van der Waals surface area contributed by atoms with Gasteiger partial charge in [-0.15, -0.1) is 0 Å². The fourth-order valence-electron chi connectivity index (χ4n) is 2.48. The molecule has 1 aromatic heterocycles. The zero-order valence-electron chi connectivity index (χ0n) is 13.9. The molecule has 0 radical (unpaired) electrons. The highest BCUT2D eigenvalue weighted by molar-refractivity contribution is 8.00. The third kappa shape index (κ3) is 4.30. The van der Waals surface area contributed by atoms with Crippen LogP contribution in [0.1, 0.15) is 17.0 Å². The van der Waals surface area contributed by atoms with E-state index in [2.05, 4.69) is 0 Å². The minimum atomic E-state index is 0.0370. The molecule has 2 aromatic rings. The number of aromatic nitrogens is 1. The van der Waals surface area contributed by atoms with Gasteiger partial charge >= 0.3 is 0 Å². The monoisotopic (exact) mass is 343 g/mol. The molecule has 2 heterocycles. The zero-order valence-corrected chi connectivity index (χ0v) is 14.7. The van der Waals surface area contributed by atoms with E-state index in [1.54, 1.807) is 12.1 Å². The quantitative estimate of drug-likeness (QED) is 0.752. The lowest BCUT2D eigenvalue weighted by Crippen LogP contribution is -2.29. The van der Waals surface area contributed by atoms with Crippen LogP contribution in [0.4, 0.5) is 0 Å². The van der Waals surface area contributed by atoms with Crippen LogP contribution in [0.15, 0.2) is 41.2 Å². The Labute approximate surface area is 146 Å². The second-order valence-electron chi connectivity index (χ2n) is 5.82. The first-order valence-corrected chi connectivity index (χ1v) is 9.07. The molecule has 0 aliphatic carbocycles. The maximum atomic E-state index is 11.5. The number of ether oxygens (including phenoxy) is 2. The highest BCUT2D eigenvalue weighted by atomic mass is 32.2. The van der Waals surface area contributed by atoms with Crippen molar-refractivity contribution in [1.82, 2.24) is 4.57 Å². The van der Waals surface area contributed by atoms with Crippen LogP contribution >= 0.6 is 11.8 Å². The third-order valence-corrected chi connectivity index (χ3v) is 5.09. The number of rotatable bonds is 6. The van der Waals surface area contributed by atoms with Gasteiger partial charge in [-0.1, -0.05) is 12.1 Å². The Hall–Kier alpha value is -1.98. The molecule has 1 aromatic carbocycles. The summed E-state index contributed by atoms with van der Waals surface area (Å²) in [6.45, 7) is 4.14. The number of nitrogens with zero attached hydrogens (tertiary/aromatic N) is 1. The van der Waals surface area contributed by atoms with Gasteiger partial charge in [-0.05, 0) is 37.6 Å². The van der Waals surface area contributed by atoms with Crippen molar-refractivity contribution in [3.63, 3.8) is 0 Å². The summed E-state index contributed by atoms with van der Waals surface area (Å²) in [4.78, 5) is 11.5. The molecular weight excluding hydrogens is 322 g/mol. The van der Waals surface area contributed by atoms with Crippen molar-refractivity contribution >= 4 is 24.0 Å². The number of hydrogen-bond donors (Lipinski definition) is 0. The molecule has 4 nitrogen and oxygen atoms in total. The van der Waals surface area contributed by atoms with Crippen molar-refractivity contribution in [2.24, 2.45) is 0 Å². The van der Waals surface area contributed by atoms with Gasteiger partial charge in [-0.2, -0.15) is 11.8 Å². The average molecular weight is 343 g/mol. The van der Waals surface area contributed by atoms with Crippen LogP contribution in [0, 0.1) is 13.8 Å². The third-order valence-electron chi connectivity index (χ3n) is 3.87. The lowest BCUT2D eigenvalue weighted by molar-refractivity contribution is -0.0204. The molecule has 1 aliphatic heterocycles. The summed E-state index contributed by atoms with van der Waals surface area (Å²) >= 11 is 1.89. The van der Waals surface area contributed by atoms with Gasteiger partial charge < -0.3 is 14.0 Å². The number of thioether (sulfide) groups is 1. The Bertz CT molecular complexity index is 767.